The van der Waals surface area contributed by atoms with E-state index in [1.807, 2.05) is 0 Å². The molecule has 0 saturated heterocycles. The lowest BCUT2D eigenvalue weighted by molar-refractivity contribution is -0.124. The van der Waals surface area contributed by atoms with Gasteiger partial charge >= 0.3 is 0 Å². The van der Waals surface area contributed by atoms with Crippen molar-refractivity contribution in [1.29, 1.82) is 0 Å². The van der Waals surface area contributed by atoms with Crippen molar-refractivity contribution in [2.45, 2.75) is 90.9 Å². The SMILES string of the molecule is CCCCC(CC)CC(=O)C1CCCCCCC1. The van der Waals surface area contributed by atoms with E-state index in [-0.39, 0.29) is 0 Å². The van der Waals surface area contributed by atoms with Gasteiger partial charge in [0.15, 0.2) is 0 Å². The van der Waals surface area contributed by atoms with Gasteiger partial charge in [-0.2, -0.15) is 0 Å². The number of rotatable bonds is 7. The predicted octanol–water partition coefficient (Wildman–Crippen LogP) is 5.52. The van der Waals surface area contributed by atoms with Crippen LogP contribution in [-0.4, -0.2) is 5.78 Å². The Kier molecular flexibility index (Phi) is 8.37. The molecule has 1 aliphatic rings. The van der Waals surface area contributed by atoms with E-state index in [2.05, 4.69) is 13.8 Å². The molecule has 1 fully saturated rings. The average molecular weight is 252 g/mol. The summed E-state index contributed by atoms with van der Waals surface area (Å²) in [5.74, 6) is 1.64. The Morgan fingerprint density at radius 2 is 1.67 bits per heavy atom. The van der Waals surface area contributed by atoms with Crippen molar-refractivity contribution in [3.8, 4) is 0 Å². The number of unbranched alkanes of at least 4 members (excludes halogenated alkanes) is 1. The first-order valence-corrected chi connectivity index (χ1v) is 8.30. The van der Waals surface area contributed by atoms with E-state index in [1.165, 1.54) is 70.6 Å². The molecule has 0 radical (unpaired) electrons. The molecule has 1 unspecified atom stereocenters. The van der Waals surface area contributed by atoms with Crippen LogP contribution in [0.4, 0.5) is 0 Å². The summed E-state index contributed by atoms with van der Waals surface area (Å²) >= 11 is 0. The lowest BCUT2D eigenvalue weighted by Crippen LogP contribution is -2.19. The highest BCUT2D eigenvalue weighted by atomic mass is 16.1. The molecular weight excluding hydrogens is 220 g/mol. The Morgan fingerprint density at radius 3 is 2.22 bits per heavy atom. The van der Waals surface area contributed by atoms with E-state index in [1.54, 1.807) is 0 Å². The van der Waals surface area contributed by atoms with Crippen LogP contribution in [0.1, 0.15) is 90.9 Å². The fourth-order valence-corrected chi connectivity index (χ4v) is 3.17. The molecule has 1 nitrogen and oxygen atoms in total. The second-order valence-corrected chi connectivity index (χ2v) is 6.13. The minimum atomic E-state index is 0.404. The number of hydrogen-bond acceptors (Lipinski definition) is 1. The smallest absolute Gasteiger partial charge is 0.136 e. The maximum atomic E-state index is 12.4. The maximum absolute atomic E-state index is 12.4. The molecule has 0 aliphatic heterocycles. The first-order valence-electron chi connectivity index (χ1n) is 8.30. The topological polar surface area (TPSA) is 17.1 Å². The van der Waals surface area contributed by atoms with Crippen LogP contribution in [0, 0.1) is 11.8 Å². The van der Waals surface area contributed by atoms with Gasteiger partial charge in [0.2, 0.25) is 0 Å². The third-order valence-electron chi connectivity index (χ3n) is 4.59. The third-order valence-corrected chi connectivity index (χ3v) is 4.59. The van der Waals surface area contributed by atoms with Crippen LogP contribution in [0.25, 0.3) is 0 Å². The molecular formula is C17H32O. The third kappa shape index (κ3) is 6.02. The Bertz CT molecular complexity index is 214. The van der Waals surface area contributed by atoms with Crippen molar-refractivity contribution in [3.05, 3.63) is 0 Å². The van der Waals surface area contributed by atoms with Gasteiger partial charge in [0.05, 0.1) is 0 Å². The molecule has 0 heterocycles. The molecule has 0 bridgehead atoms. The number of Topliss-reactive ketones (excluding diaryl/α,β-unsaturated/α-hetero) is 1. The number of hydrogen-bond donors (Lipinski definition) is 0. The van der Waals surface area contributed by atoms with Gasteiger partial charge in [0.1, 0.15) is 5.78 Å². The fraction of sp³-hybridized carbons (Fsp3) is 0.941. The van der Waals surface area contributed by atoms with Crippen LogP contribution in [-0.2, 0) is 4.79 Å². The minimum absolute atomic E-state index is 0.404. The Hall–Kier alpha value is -0.330. The van der Waals surface area contributed by atoms with Gasteiger partial charge in [0.25, 0.3) is 0 Å². The second-order valence-electron chi connectivity index (χ2n) is 6.13. The molecule has 0 spiro atoms. The Morgan fingerprint density at radius 1 is 1.06 bits per heavy atom. The molecule has 0 aromatic rings. The standard InChI is InChI=1S/C17H32O/c1-3-5-11-15(4-2)14-17(18)16-12-9-7-6-8-10-13-16/h15-16H,3-14H2,1-2H3. The van der Waals surface area contributed by atoms with Gasteiger partial charge < -0.3 is 0 Å². The van der Waals surface area contributed by atoms with Gasteiger partial charge in [-0.3, -0.25) is 4.79 Å². The number of ketones is 1. The van der Waals surface area contributed by atoms with E-state index in [4.69, 9.17) is 0 Å². The molecule has 1 rings (SSSR count). The van der Waals surface area contributed by atoms with Crippen molar-refractivity contribution in [3.63, 3.8) is 0 Å². The summed E-state index contributed by atoms with van der Waals surface area (Å²) < 4.78 is 0. The highest BCUT2D eigenvalue weighted by Gasteiger charge is 2.21. The van der Waals surface area contributed by atoms with Crippen LogP contribution in [0.15, 0.2) is 0 Å². The van der Waals surface area contributed by atoms with Gasteiger partial charge in [-0.1, -0.05) is 71.6 Å². The predicted molar refractivity (Wildman–Crippen MR) is 78.7 cm³/mol. The summed E-state index contributed by atoms with van der Waals surface area (Å²) in [5, 5.41) is 0. The van der Waals surface area contributed by atoms with Gasteiger partial charge in [0, 0.05) is 12.3 Å². The van der Waals surface area contributed by atoms with E-state index in [0.29, 0.717) is 17.6 Å². The maximum Gasteiger partial charge on any atom is 0.136 e. The molecule has 1 atom stereocenters. The fourth-order valence-electron chi connectivity index (χ4n) is 3.17. The largest absolute Gasteiger partial charge is 0.299 e. The van der Waals surface area contributed by atoms with Gasteiger partial charge in [-0.05, 0) is 18.8 Å². The van der Waals surface area contributed by atoms with Gasteiger partial charge in [-0.15, -0.1) is 0 Å². The first-order chi connectivity index (χ1) is 8.77. The number of carbonyl (C=O) groups is 1. The van der Waals surface area contributed by atoms with E-state index in [0.717, 1.165) is 6.42 Å². The summed E-state index contributed by atoms with van der Waals surface area (Å²) in [6, 6.07) is 0. The monoisotopic (exact) mass is 252 g/mol. The van der Waals surface area contributed by atoms with E-state index in [9.17, 15) is 4.79 Å². The second kappa shape index (κ2) is 9.58. The first kappa shape index (κ1) is 15.7. The lowest BCUT2D eigenvalue weighted by atomic mass is 9.83. The van der Waals surface area contributed by atoms with Crippen LogP contribution in [0.5, 0.6) is 0 Å². The van der Waals surface area contributed by atoms with Crippen molar-refractivity contribution in [2.75, 3.05) is 0 Å². The summed E-state index contributed by atoms with van der Waals surface area (Å²) in [6.45, 7) is 4.48. The highest BCUT2D eigenvalue weighted by molar-refractivity contribution is 5.81. The van der Waals surface area contributed by atoms with E-state index >= 15 is 0 Å². The Labute approximate surface area is 114 Å². The van der Waals surface area contributed by atoms with Crippen molar-refractivity contribution >= 4 is 5.78 Å². The molecule has 0 amide bonds. The van der Waals surface area contributed by atoms with Crippen LogP contribution >= 0.6 is 0 Å². The van der Waals surface area contributed by atoms with Gasteiger partial charge in [-0.25, -0.2) is 0 Å². The van der Waals surface area contributed by atoms with Crippen LogP contribution < -0.4 is 0 Å². The van der Waals surface area contributed by atoms with E-state index < -0.39 is 0 Å². The Balaban J connectivity index is 2.35. The quantitative estimate of drug-likeness (QED) is 0.583. The molecule has 0 aromatic heterocycles. The molecule has 0 N–H and O–H groups in total. The molecule has 106 valence electrons. The summed E-state index contributed by atoms with van der Waals surface area (Å²) in [7, 11) is 0. The normalized spacial score (nSPS) is 20.1. The number of carbonyl (C=O) groups excluding carboxylic acids is 1. The minimum Gasteiger partial charge on any atom is -0.299 e. The zero-order chi connectivity index (χ0) is 13.2. The molecule has 1 saturated carbocycles. The molecule has 1 heteroatoms. The lowest BCUT2D eigenvalue weighted by Gasteiger charge is -2.21. The average Bonchev–Trinajstić information content (AvgIpc) is 2.33. The van der Waals surface area contributed by atoms with Crippen molar-refractivity contribution < 1.29 is 4.79 Å². The molecule has 1 aliphatic carbocycles. The highest BCUT2D eigenvalue weighted by Crippen LogP contribution is 2.27. The van der Waals surface area contributed by atoms with Crippen molar-refractivity contribution in [1.82, 2.24) is 0 Å². The molecule has 0 aromatic carbocycles. The zero-order valence-corrected chi connectivity index (χ0v) is 12.5. The molecule has 18 heavy (non-hydrogen) atoms. The van der Waals surface area contributed by atoms with Crippen LogP contribution in [0.2, 0.25) is 0 Å². The summed E-state index contributed by atoms with van der Waals surface area (Å²) in [4.78, 5) is 12.4. The summed E-state index contributed by atoms with van der Waals surface area (Å²) in [6.07, 6.45) is 14.8. The summed E-state index contributed by atoms with van der Waals surface area (Å²) in [5.41, 5.74) is 0. The van der Waals surface area contributed by atoms with Crippen LogP contribution in [0.3, 0.4) is 0 Å². The van der Waals surface area contributed by atoms with Crippen molar-refractivity contribution in [2.24, 2.45) is 11.8 Å². The zero-order valence-electron chi connectivity index (χ0n) is 12.5.